The van der Waals surface area contributed by atoms with Gasteiger partial charge < -0.3 is 24.6 Å². The molecule has 5 atom stereocenters. The predicted octanol–water partition coefficient (Wildman–Crippen LogP) is 3.65. The molecule has 1 saturated carbocycles. The van der Waals surface area contributed by atoms with Crippen molar-refractivity contribution in [3.05, 3.63) is 94.5 Å². The number of aryl methyl sites for hydroxylation is 2. The molecule has 0 spiro atoms. The molecule has 1 amide bonds. The normalized spacial score (nSPS) is 28.7. The molecule has 1 heterocycles. The first-order valence-electron chi connectivity index (χ1n) is 11.8. The first-order chi connectivity index (χ1) is 16.7. The summed E-state index contributed by atoms with van der Waals surface area (Å²) >= 11 is 0. The van der Waals surface area contributed by atoms with Crippen molar-refractivity contribution in [1.29, 1.82) is 0 Å². The van der Waals surface area contributed by atoms with E-state index in [1.807, 2.05) is 80.6 Å². The first kappa shape index (κ1) is 23.4. The summed E-state index contributed by atoms with van der Waals surface area (Å²) in [5, 5.41) is 24.6. The summed E-state index contributed by atoms with van der Waals surface area (Å²) in [5.41, 5.74) is 0.476. The van der Waals surface area contributed by atoms with Crippen LogP contribution < -0.4 is 9.47 Å². The number of ether oxygens (including phenoxy) is 2. The highest BCUT2D eigenvalue weighted by Gasteiger charge is 2.77. The van der Waals surface area contributed by atoms with Gasteiger partial charge in [0.2, 0.25) is 5.91 Å². The van der Waals surface area contributed by atoms with E-state index in [0.29, 0.717) is 22.6 Å². The highest BCUT2D eigenvalue weighted by atomic mass is 16.5. The minimum Gasteiger partial charge on any atom is -0.497 e. The van der Waals surface area contributed by atoms with Crippen LogP contribution in [0.2, 0.25) is 0 Å². The summed E-state index contributed by atoms with van der Waals surface area (Å²) in [4.78, 5) is 15.1. The van der Waals surface area contributed by atoms with Crippen molar-refractivity contribution in [2.75, 3.05) is 21.2 Å². The summed E-state index contributed by atoms with van der Waals surface area (Å²) in [7, 11) is 4.92. The fraction of sp³-hybridized carbons (Fsp3) is 0.345. The molecule has 0 radical (unpaired) electrons. The highest BCUT2D eigenvalue weighted by Crippen LogP contribution is 2.69. The number of aliphatic hydroxyl groups is 2. The quantitative estimate of drug-likeness (QED) is 0.605. The van der Waals surface area contributed by atoms with Crippen molar-refractivity contribution < 1.29 is 24.5 Å². The monoisotopic (exact) mass is 473 g/mol. The number of methoxy groups -OCH3 is 1. The number of carbonyl (C=O) groups excluding carboxylic acids is 1. The van der Waals surface area contributed by atoms with Crippen LogP contribution in [0.4, 0.5) is 0 Å². The van der Waals surface area contributed by atoms with E-state index in [0.717, 1.165) is 16.7 Å². The van der Waals surface area contributed by atoms with Gasteiger partial charge in [0.1, 0.15) is 17.6 Å². The molecule has 3 aromatic rings. The van der Waals surface area contributed by atoms with Crippen LogP contribution in [0.15, 0.2) is 66.7 Å². The number of benzene rings is 3. The molecule has 6 heteroatoms. The molecule has 182 valence electrons. The average molecular weight is 474 g/mol. The lowest BCUT2D eigenvalue weighted by Crippen LogP contribution is -2.52. The summed E-state index contributed by atoms with van der Waals surface area (Å²) in [6, 6.07) is 20.7. The van der Waals surface area contributed by atoms with Gasteiger partial charge in [-0.3, -0.25) is 4.79 Å². The Hall–Kier alpha value is -3.35. The van der Waals surface area contributed by atoms with E-state index in [1.54, 1.807) is 21.2 Å². The van der Waals surface area contributed by atoms with E-state index < -0.39 is 29.1 Å². The Morgan fingerprint density at radius 1 is 1.03 bits per heavy atom. The van der Waals surface area contributed by atoms with Gasteiger partial charge in [-0.2, -0.15) is 0 Å². The van der Waals surface area contributed by atoms with Crippen LogP contribution in [0.25, 0.3) is 0 Å². The van der Waals surface area contributed by atoms with Gasteiger partial charge in [-0.25, -0.2) is 0 Å². The Labute approximate surface area is 205 Å². The average Bonchev–Trinajstić information content (AvgIpc) is 3.21. The van der Waals surface area contributed by atoms with E-state index in [-0.39, 0.29) is 5.91 Å². The van der Waals surface area contributed by atoms with Crippen molar-refractivity contribution in [3.63, 3.8) is 0 Å². The largest absolute Gasteiger partial charge is 0.497 e. The molecule has 0 unspecified atom stereocenters. The fourth-order valence-corrected chi connectivity index (χ4v) is 6.27. The van der Waals surface area contributed by atoms with E-state index in [9.17, 15) is 15.0 Å². The number of nitrogens with zero attached hydrogens (tertiary/aromatic N) is 1. The minimum absolute atomic E-state index is 0.267. The Bertz CT molecular complexity index is 1270. The number of rotatable bonds is 4. The van der Waals surface area contributed by atoms with Crippen molar-refractivity contribution in [1.82, 2.24) is 4.90 Å². The van der Waals surface area contributed by atoms with Crippen LogP contribution >= 0.6 is 0 Å². The molecule has 0 aromatic heterocycles. The van der Waals surface area contributed by atoms with Gasteiger partial charge in [-0.15, -0.1) is 0 Å². The fourth-order valence-electron chi connectivity index (χ4n) is 6.27. The number of hydrogen-bond acceptors (Lipinski definition) is 5. The van der Waals surface area contributed by atoms with Gasteiger partial charge in [0.25, 0.3) is 0 Å². The zero-order valence-electron chi connectivity index (χ0n) is 20.6. The number of carbonyl (C=O) groups is 1. The van der Waals surface area contributed by atoms with Gasteiger partial charge >= 0.3 is 0 Å². The molecule has 1 aliphatic heterocycles. The second-order valence-electron chi connectivity index (χ2n) is 9.88. The molecule has 2 aliphatic rings. The third kappa shape index (κ3) is 3.06. The SMILES string of the molecule is COc1ccc([C@]23Oc4cc(C)cc(C)c4[C@]2(O)[C@H](O)[C@H](C(=O)N(C)C)[C@@H]3c2ccccc2)cc1. The lowest BCUT2D eigenvalue weighted by atomic mass is 9.70. The topological polar surface area (TPSA) is 79.2 Å². The Balaban J connectivity index is 1.88. The third-order valence-electron chi connectivity index (χ3n) is 7.63. The number of aliphatic hydroxyl groups excluding tert-OH is 1. The molecule has 2 N–H and O–H groups in total. The minimum atomic E-state index is -1.87. The highest BCUT2D eigenvalue weighted by molar-refractivity contribution is 5.82. The molecular formula is C29H31NO5. The van der Waals surface area contributed by atoms with Crippen LogP contribution in [0.5, 0.6) is 11.5 Å². The second kappa shape index (κ2) is 8.11. The maximum atomic E-state index is 13.6. The maximum absolute atomic E-state index is 13.6. The standard InChI is InChI=1S/C29H31NO5/c1-17-15-18(2)24-22(16-17)35-29(20-11-13-21(34-5)14-12-20)25(19-9-7-6-8-10-19)23(27(32)30(3)4)26(31)28(24,29)33/h6-16,23,25-26,31,33H,1-5H3/t23-,25+,26-,28+,29-/m1/s1. The molecule has 6 nitrogen and oxygen atoms in total. The molecule has 5 rings (SSSR count). The van der Waals surface area contributed by atoms with Crippen molar-refractivity contribution in [2.24, 2.45) is 5.92 Å². The predicted molar refractivity (Wildman–Crippen MR) is 132 cm³/mol. The molecule has 1 aliphatic carbocycles. The third-order valence-corrected chi connectivity index (χ3v) is 7.63. The maximum Gasteiger partial charge on any atom is 0.228 e. The molecule has 35 heavy (non-hydrogen) atoms. The van der Waals surface area contributed by atoms with E-state index in [1.165, 1.54) is 4.90 Å². The van der Waals surface area contributed by atoms with Crippen LogP contribution in [-0.4, -0.2) is 48.3 Å². The summed E-state index contributed by atoms with van der Waals surface area (Å²) in [6.45, 7) is 3.88. The van der Waals surface area contributed by atoms with Crippen LogP contribution in [-0.2, 0) is 16.0 Å². The summed E-state index contributed by atoms with van der Waals surface area (Å²) < 4.78 is 12.2. The first-order valence-corrected chi connectivity index (χ1v) is 11.8. The zero-order valence-corrected chi connectivity index (χ0v) is 20.6. The zero-order chi connectivity index (χ0) is 25.1. The van der Waals surface area contributed by atoms with Crippen molar-refractivity contribution in [2.45, 2.75) is 37.1 Å². The molecule has 0 saturated heterocycles. The van der Waals surface area contributed by atoms with Gasteiger partial charge in [-0.05, 0) is 54.3 Å². The van der Waals surface area contributed by atoms with Gasteiger partial charge in [0, 0.05) is 25.6 Å². The molecular weight excluding hydrogens is 442 g/mol. The number of amides is 1. The number of fused-ring (bicyclic) bond motifs is 3. The molecule has 1 fully saturated rings. The Morgan fingerprint density at radius 2 is 1.69 bits per heavy atom. The lowest BCUT2D eigenvalue weighted by Gasteiger charge is -2.41. The van der Waals surface area contributed by atoms with Gasteiger partial charge in [0.05, 0.1) is 13.0 Å². The van der Waals surface area contributed by atoms with Crippen molar-refractivity contribution in [3.8, 4) is 11.5 Å². The Morgan fingerprint density at radius 3 is 2.29 bits per heavy atom. The summed E-state index contributed by atoms with van der Waals surface area (Å²) in [5.74, 6) is -0.687. The smallest absolute Gasteiger partial charge is 0.228 e. The van der Waals surface area contributed by atoms with Crippen LogP contribution in [0.1, 0.15) is 33.7 Å². The number of hydrogen-bond donors (Lipinski definition) is 2. The lowest BCUT2D eigenvalue weighted by molar-refractivity contribution is -0.156. The molecule has 0 bridgehead atoms. The van der Waals surface area contributed by atoms with E-state index in [4.69, 9.17) is 9.47 Å². The van der Waals surface area contributed by atoms with E-state index >= 15 is 0 Å². The van der Waals surface area contributed by atoms with Crippen LogP contribution in [0.3, 0.4) is 0 Å². The van der Waals surface area contributed by atoms with Gasteiger partial charge in [0.15, 0.2) is 11.2 Å². The van der Waals surface area contributed by atoms with E-state index in [2.05, 4.69) is 0 Å². The second-order valence-corrected chi connectivity index (χ2v) is 9.88. The molecule has 3 aromatic carbocycles. The Kier molecular flexibility index (Phi) is 5.42. The van der Waals surface area contributed by atoms with Crippen LogP contribution in [0, 0.1) is 19.8 Å². The van der Waals surface area contributed by atoms with Crippen molar-refractivity contribution >= 4 is 5.91 Å². The summed E-state index contributed by atoms with van der Waals surface area (Å²) in [6.07, 6.45) is -1.41. The van der Waals surface area contributed by atoms with Gasteiger partial charge in [-0.1, -0.05) is 48.5 Å².